The normalized spacial score (nSPS) is 12.6. The molecule has 0 bridgehead atoms. The summed E-state index contributed by atoms with van der Waals surface area (Å²) in [4.78, 5) is 50.3. The van der Waals surface area contributed by atoms with E-state index in [0.29, 0.717) is 11.4 Å². The van der Waals surface area contributed by atoms with Gasteiger partial charge in [-0.3, -0.25) is 19.3 Å². The average Bonchev–Trinajstić information content (AvgIpc) is 3.36. The Labute approximate surface area is 175 Å². The molecule has 8 nitrogen and oxygen atoms in total. The summed E-state index contributed by atoms with van der Waals surface area (Å²) in [6.45, 7) is -0.604. The summed E-state index contributed by atoms with van der Waals surface area (Å²) < 4.78 is 23.0. The number of hydrogen-bond donors (Lipinski definition) is 1. The third-order valence-electron chi connectivity index (χ3n) is 4.56. The number of esters is 1. The second kappa shape index (κ2) is 8.23. The number of halogens is 1. The van der Waals surface area contributed by atoms with Crippen LogP contribution in [0.5, 0.6) is 0 Å². The van der Waals surface area contributed by atoms with Crippen molar-refractivity contribution in [3.05, 3.63) is 89.1 Å². The summed E-state index contributed by atoms with van der Waals surface area (Å²) in [5.74, 6) is -2.49. The van der Waals surface area contributed by atoms with Gasteiger partial charge in [0.05, 0.1) is 29.5 Å². The van der Waals surface area contributed by atoms with E-state index >= 15 is 0 Å². The lowest BCUT2D eigenvalue weighted by Gasteiger charge is -2.11. The standard InChI is InChI=1S/C22H15FN2O6/c23-14-4-6-15(7-5-14)24-19(26)12-31-22(29)13-3-8-17-18(10-13)21(28)25(20(17)27)11-16-2-1-9-30-16/h1-10H,11-12H2,(H,24,26). The van der Waals surface area contributed by atoms with Crippen molar-refractivity contribution >= 4 is 29.4 Å². The van der Waals surface area contributed by atoms with Crippen molar-refractivity contribution in [2.75, 3.05) is 11.9 Å². The Bertz CT molecular complexity index is 1170. The van der Waals surface area contributed by atoms with E-state index in [2.05, 4.69) is 5.32 Å². The third-order valence-corrected chi connectivity index (χ3v) is 4.56. The van der Waals surface area contributed by atoms with Gasteiger partial charge in [-0.05, 0) is 54.6 Å². The molecule has 1 aliphatic rings. The van der Waals surface area contributed by atoms with Crippen molar-refractivity contribution in [3.63, 3.8) is 0 Å². The van der Waals surface area contributed by atoms with Gasteiger partial charge in [-0.1, -0.05) is 0 Å². The third kappa shape index (κ3) is 4.20. The van der Waals surface area contributed by atoms with Crippen LogP contribution in [0.25, 0.3) is 0 Å². The summed E-state index contributed by atoms with van der Waals surface area (Å²) in [5.41, 5.74) is 0.610. The first-order valence-electron chi connectivity index (χ1n) is 9.17. The number of nitrogens with one attached hydrogen (secondary N) is 1. The van der Waals surface area contributed by atoms with Crippen LogP contribution in [-0.4, -0.2) is 35.2 Å². The van der Waals surface area contributed by atoms with Gasteiger partial charge in [0, 0.05) is 5.69 Å². The van der Waals surface area contributed by atoms with Crippen LogP contribution < -0.4 is 5.32 Å². The summed E-state index contributed by atoms with van der Waals surface area (Å²) in [6.07, 6.45) is 1.44. The number of carbonyl (C=O) groups is 4. The minimum atomic E-state index is -0.832. The maximum absolute atomic E-state index is 12.9. The number of furan rings is 1. The predicted octanol–water partition coefficient (Wildman–Crippen LogP) is 3.01. The zero-order valence-corrected chi connectivity index (χ0v) is 16.0. The van der Waals surface area contributed by atoms with Crippen LogP contribution >= 0.6 is 0 Å². The second-order valence-electron chi connectivity index (χ2n) is 6.67. The maximum atomic E-state index is 12.9. The molecule has 0 spiro atoms. The van der Waals surface area contributed by atoms with E-state index in [4.69, 9.17) is 9.15 Å². The summed E-state index contributed by atoms with van der Waals surface area (Å²) >= 11 is 0. The monoisotopic (exact) mass is 422 g/mol. The Morgan fingerprint density at radius 1 is 1.00 bits per heavy atom. The maximum Gasteiger partial charge on any atom is 0.338 e. The molecule has 2 aromatic carbocycles. The molecule has 1 aliphatic heterocycles. The summed E-state index contributed by atoms with van der Waals surface area (Å²) in [6, 6.07) is 12.4. The Morgan fingerprint density at radius 3 is 2.45 bits per heavy atom. The average molecular weight is 422 g/mol. The van der Waals surface area contributed by atoms with Crippen LogP contribution in [0, 0.1) is 5.82 Å². The highest BCUT2D eigenvalue weighted by Crippen LogP contribution is 2.26. The molecule has 0 unspecified atom stereocenters. The van der Waals surface area contributed by atoms with Gasteiger partial charge in [0.15, 0.2) is 6.61 Å². The minimum absolute atomic E-state index is 0.0225. The fourth-order valence-corrected chi connectivity index (χ4v) is 3.06. The fourth-order valence-electron chi connectivity index (χ4n) is 3.06. The van der Waals surface area contributed by atoms with Gasteiger partial charge in [0.25, 0.3) is 17.7 Å². The molecular formula is C22H15FN2O6. The zero-order valence-electron chi connectivity index (χ0n) is 16.0. The molecule has 4 rings (SSSR count). The van der Waals surface area contributed by atoms with Crippen LogP contribution in [0.3, 0.4) is 0 Å². The van der Waals surface area contributed by atoms with E-state index in [1.807, 2.05) is 0 Å². The summed E-state index contributed by atoms with van der Waals surface area (Å²) in [5, 5.41) is 2.46. The quantitative estimate of drug-likeness (QED) is 0.484. The first-order chi connectivity index (χ1) is 14.9. The molecule has 156 valence electrons. The topological polar surface area (TPSA) is 106 Å². The van der Waals surface area contributed by atoms with Crippen LogP contribution in [0.2, 0.25) is 0 Å². The van der Waals surface area contributed by atoms with E-state index in [1.165, 1.54) is 48.7 Å². The molecule has 1 N–H and O–H groups in total. The van der Waals surface area contributed by atoms with E-state index < -0.39 is 36.1 Å². The smallest absolute Gasteiger partial charge is 0.338 e. The van der Waals surface area contributed by atoms with Gasteiger partial charge in [0.2, 0.25) is 0 Å². The van der Waals surface area contributed by atoms with Gasteiger partial charge in [-0.25, -0.2) is 9.18 Å². The molecule has 3 aromatic rings. The minimum Gasteiger partial charge on any atom is -0.467 e. The largest absolute Gasteiger partial charge is 0.467 e. The lowest BCUT2D eigenvalue weighted by Crippen LogP contribution is -2.28. The van der Waals surface area contributed by atoms with E-state index in [9.17, 15) is 23.6 Å². The van der Waals surface area contributed by atoms with Crippen molar-refractivity contribution in [1.82, 2.24) is 4.90 Å². The molecule has 1 aromatic heterocycles. The SMILES string of the molecule is O=C(COC(=O)c1ccc2c(c1)C(=O)N(Cc1ccco1)C2=O)Nc1ccc(F)cc1. The Morgan fingerprint density at radius 2 is 1.74 bits per heavy atom. The Balaban J connectivity index is 1.40. The molecule has 0 fully saturated rings. The molecule has 31 heavy (non-hydrogen) atoms. The number of fused-ring (bicyclic) bond motifs is 1. The number of rotatable bonds is 6. The van der Waals surface area contributed by atoms with Gasteiger partial charge < -0.3 is 14.5 Å². The predicted molar refractivity (Wildman–Crippen MR) is 105 cm³/mol. The molecule has 0 saturated heterocycles. The molecular weight excluding hydrogens is 407 g/mol. The van der Waals surface area contributed by atoms with E-state index in [-0.39, 0.29) is 23.2 Å². The second-order valence-corrected chi connectivity index (χ2v) is 6.67. The first kappa shape index (κ1) is 20.0. The highest BCUT2D eigenvalue weighted by Gasteiger charge is 2.36. The van der Waals surface area contributed by atoms with Crippen molar-refractivity contribution in [2.24, 2.45) is 0 Å². The van der Waals surface area contributed by atoms with Crippen LogP contribution in [0.4, 0.5) is 10.1 Å². The van der Waals surface area contributed by atoms with Gasteiger partial charge >= 0.3 is 5.97 Å². The molecule has 0 saturated carbocycles. The molecule has 0 atom stereocenters. The Hall–Kier alpha value is -4.27. The molecule has 9 heteroatoms. The number of imide groups is 1. The van der Waals surface area contributed by atoms with E-state index in [1.54, 1.807) is 12.1 Å². The number of nitrogens with zero attached hydrogens (tertiary/aromatic N) is 1. The molecule has 0 radical (unpaired) electrons. The lowest BCUT2D eigenvalue weighted by atomic mass is 10.1. The zero-order chi connectivity index (χ0) is 22.0. The molecule has 0 aliphatic carbocycles. The first-order valence-corrected chi connectivity index (χ1v) is 9.17. The lowest BCUT2D eigenvalue weighted by molar-refractivity contribution is -0.119. The van der Waals surface area contributed by atoms with Crippen LogP contribution in [0.1, 0.15) is 36.8 Å². The highest BCUT2D eigenvalue weighted by molar-refractivity contribution is 6.21. The van der Waals surface area contributed by atoms with Gasteiger partial charge in [0.1, 0.15) is 11.6 Å². The Kier molecular flexibility index (Phi) is 5.31. The number of ether oxygens (including phenoxy) is 1. The summed E-state index contributed by atoms with van der Waals surface area (Å²) in [7, 11) is 0. The molecule has 3 amide bonds. The highest BCUT2D eigenvalue weighted by atomic mass is 19.1. The number of anilines is 1. The van der Waals surface area contributed by atoms with Crippen molar-refractivity contribution in [3.8, 4) is 0 Å². The van der Waals surface area contributed by atoms with Crippen molar-refractivity contribution in [1.29, 1.82) is 0 Å². The fraction of sp³-hybridized carbons (Fsp3) is 0.0909. The number of hydrogen-bond acceptors (Lipinski definition) is 6. The number of amides is 3. The molecule has 2 heterocycles. The van der Waals surface area contributed by atoms with Crippen molar-refractivity contribution < 1.29 is 32.7 Å². The van der Waals surface area contributed by atoms with Gasteiger partial charge in [-0.2, -0.15) is 0 Å². The number of carbonyl (C=O) groups excluding carboxylic acids is 4. The van der Waals surface area contributed by atoms with Crippen LogP contribution in [-0.2, 0) is 16.1 Å². The van der Waals surface area contributed by atoms with Gasteiger partial charge in [-0.15, -0.1) is 0 Å². The van der Waals surface area contributed by atoms with Crippen LogP contribution in [0.15, 0.2) is 65.3 Å². The van der Waals surface area contributed by atoms with Crippen molar-refractivity contribution in [2.45, 2.75) is 6.54 Å². The van der Waals surface area contributed by atoms with E-state index in [0.717, 1.165) is 4.90 Å². The number of benzene rings is 2.